The van der Waals surface area contributed by atoms with Crippen LogP contribution in [0.2, 0.25) is 5.02 Å². The first-order chi connectivity index (χ1) is 21.1. The number of nitriles is 1. The van der Waals surface area contributed by atoms with Crippen molar-refractivity contribution in [3.05, 3.63) is 106 Å². The van der Waals surface area contributed by atoms with Gasteiger partial charge in [-0.3, -0.25) is 0 Å². The summed E-state index contributed by atoms with van der Waals surface area (Å²) in [5.74, 6) is 2.76. The molecule has 43 heavy (non-hydrogen) atoms. The van der Waals surface area contributed by atoms with Crippen LogP contribution in [0.4, 0.5) is 0 Å². The molecule has 0 bridgehead atoms. The molecule has 2 N–H and O–H groups in total. The van der Waals surface area contributed by atoms with Gasteiger partial charge in [-0.2, -0.15) is 5.26 Å². The number of halogens is 1. The number of benzene rings is 4. The van der Waals surface area contributed by atoms with Gasteiger partial charge in [0.05, 0.1) is 16.7 Å². The van der Waals surface area contributed by atoms with E-state index < -0.39 is 0 Å². The van der Waals surface area contributed by atoms with Crippen LogP contribution in [0, 0.1) is 18.3 Å². The molecule has 222 valence electrons. The molecule has 0 aromatic heterocycles. The zero-order valence-electron chi connectivity index (χ0n) is 24.5. The van der Waals surface area contributed by atoms with E-state index in [4.69, 9.17) is 30.5 Å². The number of fused-ring (bicyclic) bond motifs is 1. The normalized spacial score (nSPS) is 12.0. The Morgan fingerprint density at radius 2 is 1.63 bits per heavy atom. The Bertz CT molecular complexity index is 1600. The fourth-order valence-electron chi connectivity index (χ4n) is 4.95. The fourth-order valence-corrected chi connectivity index (χ4v) is 5.19. The maximum absolute atomic E-state index is 9.27. The molecule has 0 atom stereocenters. The van der Waals surface area contributed by atoms with Crippen LogP contribution < -0.4 is 29.6 Å². The fraction of sp³-hybridized carbons (Fsp3) is 0.286. The van der Waals surface area contributed by atoms with Crippen LogP contribution in [0.25, 0.3) is 11.1 Å². The van der Waals surface area contributed by atoms with Gasteiger partial charge in [-0.05, 0) is 71.6 Å². The summed E-state index contributed by atoms with van der Waals surface area (Å²) in [7, 11) is 0. The summed E-state index contributed by atoms with van der Waals surface area (Å²) in [6, 6.07) is 25.6. The van der Waals surface area contributed by atoms with E-state index >= 15 is 0 Å². The summed E-state index contributed by atoms with van der Waals surface area (Å²) >= 11 is 6.74. The molecule has 0 saturated carbocycles. The van der Waals surface area contributed by atoms with E-state index in [2.05, 4.69) is 48.7 Å². The smallest absolute Gasteiger partial charge is 0.161 e. The second-order valence-electron chi connectivity index (χ2n) is 10.3. The molecule has 0 saturated heterocycles. The summed E-state index contributed by atoms with van der Waals surface area (Å²) < 4.78 is 24.1. The topological polar surface area (TPSA) is 84.8 Å². The molecule has 5 rings (SSSR count). The lowest BCUT2D eigenvalue weighted by atomic mass is 9.96. The van der Waals surface area contributed by atoms with E-state index in [1.54, 1.807) is 6.07 Å². The number of likely N-dealkylation sites (N-methyl/N-ethyl adjacent to an activating group) is 1. The molecule has 0 aliphatic carbocycles. The van der Waals surface area contributed by atoms with Gasteiger partial charge in [0.15, 0.2) is 11.5 Å². The summed E-state index contributed by atoms with van der Waals surface area (Å²) in [6.45, 7) is 9.15. The highest BCUT2D eigenvalue weighted by Gasteiger charge is 2.16. The van der Waals surface area contributed by atoms with Crippen LogP contribution in [0.5, 0.6) is 23.0 Å². The Kier molecular flexibility index (Phi) is 10.4. The lowest BCUT2D eigenvalue weighted by molar-refractivity contribution is 0.171. The molecule has 1 heterocycles. The Balaban J connectivity index is 1.34. The Hall–Kier alpha value is -4.22. The molecular weight excluding hydrogens is 562 g/mol. The highest BCUT2D eigenvalue weighted by atomic mass is 35.5. The standard InChI is InChI=1S/C35H36ClN3O4/c1-3-38-12-13-39-21-29-17-31(36)34(19-33(29)42-22-26-7-4-6-25(16-26)20-37)43-23-28-8-5-9-30(24(28)2)27-10-11-32-35(18-27)41-15-14-40-32/h4-11,16-19,38-39H,3,12-15,21-23H2,1-2H3. The van der Waals surface area contributed by atoms with Crippen molar-refractivity contribution in [2.24, 2.45) is 0 Å². The maximum atomic E-state index is 9.27. The number of rotatable bonds is 13. The summed E-state index contributed by atoms with van der Waals surface area (Å²) in [5, 5.41) is 16.5. The van der Waals surface area contributed by atoms with Crippen molar-refractivity contribution in [3.8, 4) is 40.2 Å². The lowest BCUT2D eigenvalue weighted by Gasteiger charge is -2.20. The highest BCUT2D eigenvalue weighted by molar-refractivity contribution is 6.32. The molecule has 0 unspecified atom stereocenters. The zero-order chi connectivity index (χ0) is 30.0. The van der Waals surface area contributed by atoms with Crippen LogP contribution >= 0.6 is 11.6 Å². The van der Waals surface area contributed by atoms with Gasteiger partial charge in [-0.1, -0.05) is 54.9 Å². The third kappa shape index (κ3) is 7.79. The largest absolute Gasteiger partial charge is 0.488 e. The van der Waals surface area contributed by atoms with Crippen LogP contribution in [0.3, 0.4) is 0 Å². The predicted molar refractivity (Wildman–Crippen MR) is 169 cm³/mol. The monoisotopic (exact) mass is 597 g/mol. The van der Waals surface area contributed by atoms with E-state index in [-0.39, 0.29) is 0 Å². The summed E-state index contributed by atoms with van der Waals surface area (Å²) in [5.41, 5.74) is 6.77. The molecule has 1 aliphatic rings. The molecule has 8 heteroatoms. The number of nitrogens with zero attached hydrogens (tertiary/aromatic N) is 1. The van der Waals surface area contributed by atoms with Gasteiger partial charge in [-0.25, -0.2) is 0 Å². The molecule has 0 spiro atoms. The van der Waals surface area contributed by atoms with Crippen molar-refractivity contribution in [1.29, 1.82) is 5.26 Å². The molecule has 4 aromatic carbocycles. The first-order valence-electron chi connectivity index (χ1n) is 14.5. The lowest BCUT2D eigenvalue weighted by Crippen LogP contribution is -2.26. The Morgan fingerprint density at radius 3 is 2.47 bits per heavy atom. The third-order valence-corrected chi connectivity index (χ3v) is 7.59. The minimum atomic E-state index is 0.317. The Morgan fingerprint density at radius 1 is 0.837 bits per heavy atom. The number of nitrogens with one attached hydrogen (secondary N) is 2. The minimum Gasteiger partial charge on any atom is -0.488 e. The van der Waals surface area contributed by atoms with Crippen LogP contribution in [0.15, 0.2) is 72.8 Å². The quantitative estimate of drug-likeness (QED) is 0.164. The van der Waals surface area contributed by atoms with Crippen LogP contribution in [-0.4, -0.2) is 32.8 Å². The van der Waals surface area contributed by atoms with E-state index in [0.29, 0.717) is 55.1 Å². The average Bonchev–Trinajstić information content (AvgIpc) is 3.04. The van der Waals surface area contributed by atoms with E-state index in [1.165, 1.54) is 0 Å². The Labute approximate surface area is 258 Å². The van der Waals surface area contributed by atoms with Crippen LogP contribution in [0.1, 0.15) is 34.7 Å². The highest BCUT2D eigenvalue weighted by Crippen LogP contribution is 2.37. The molecule has 1 aliphatic heterocycles. The molecule has 0 radical (unpaired) electrons. The number of ether oxygens (including phenoxy) is 4. The first-order valence-corrected chi connectivity index (χ1v) is 14.9. The van der Waals surface area contributed by atoms with Crippen molar-refractivity contribution in [2.45, 2.75) is 33.6 Å². The minimum absolute atomic E-state index is 0.317. The second-order valence-corrected chi connectivity index (χ2v) is 10.7. The van der Waals surface area contributed by atoms with Crippen molar-refractivity contribution in [2.75, 3.05) is 32.8 Å². The second kappa shape index (κ2) is 14.8. The van der Waals surface area contributed by atoms with Crippen molar-refractivity contribution in [3.63, 3.8) is 0 Å². The molecule has 0 fully saturated rings. The first kappa shape index (κ1) is 30.2. The third-order valence-electron chi connectivity index (χ3n) is 7.29. The van der Waals surface area contributed by atoms with E-state index in [0.717, 1.165) is 64.5 Å². The predicted octanol–water partition coefficient (Wildman–Crippen LogP) is 6.82. The van der Waals surface area contributed by atoms with Crippen LogP contribution in [-0.2, 0) is 19.8 Å². The molecule has 0 amide bonds. The average molecular weight is 598 g/mol. The number of hydrogen-bond acceptors (Lipinski definition) is 7. The van der Waals surface area contributed by atoms with Gasteiger partial charge in [0, 0.05) is 31.3 Å². The summed E-state index contributed by atoms with van der Waals surface area (Å²) in [4.78, 5) is 0. The van der Waals surface area contributed by atoms with E-state index in [9.17, 15) is 5.26 Å². The van der Waals surface area contributed by atoms with Gasteiger partial charge < -0.3 is 29.6 Å². The van der Waals surface area contributed by atoms with Crippen molar-refractivity contribution >= 4 is 11.6 Å². The van der Waals surface area contributed by atoms with Gasteiger partial charge in [-0.15, -0.1) is 0 Å². The van der Waals surface area contributed by atoms with Gasteiger partial charge in [0.2, 0.25) is 0 Å². The van der Waals surface area contributed by atoms with Gasteiger partial charge in [0.25, 0.3) is 0 Å². The number of hydrogen-bond donors (Lipinski definition) is 2. The van der Waals surface area contributed by atoms with Gasteiger partial charge in [0.1, 0.15) is 37.9 Å². The SMILES string of the molecule is CCNCCNCc1cc(Cl)c(OCc2cccc(-c3ccc4c(c3)OCCO4)c2C)cc1OCc1cccc(C#N)c1. The summed E-state index contributed by atoms with van der Waals surface area (Å²) in [6.07, 6.45) is 0. The molecule has 7 nitrogen and oxygen atoms in total. The van der Waals surface area contributed by atoms with Gasteiger partial charge >= 0.3 is 0 Å². The molecular formula is C35H36ClN3O4. The van der Waals surface area contributed by atoms with E-state index in [1.807, 2.05) is 48.5 Å². The zero-order valence-corrected chi connectivity index (χ0v) is 25.3. The van der Waals surface area contributed by atoms with Crippen molar-refractivity contribution < 1.29 is 18.9 Å². The maximum Gasteiger partial charge on any atom is 0.161 e. The van der Waals surface area contributed by atoms with Crippen molar-refractivity contribution in [1.82, 2.24) is 10.6 Å². The molecule has 4 aromatic rings.